The molecule has 2 unspecified atom stereocenters. The van der Waals surface area contributed by atoms with Crippen LogP contribution in [0.25, 0.3) is 0 Å². The van der Waals surface area contributed by atoms with Gasteiger partial charge in [0, 0.05) is 12.6 Å². The van der Waals surface area contributed by atoms with Crippen molar-refractivity contribution in [1.82, 2.24) is 10.2 Å². The van der Waals surface area contributed by atoms with Crippen molar-refractivity contribution in [2.45, 2.75) is 26.3 Å². The van der Waals surface area contributed by atoms with Crippen LogP contribution in [0.5, 0.6) is 0 Å². The molecule has 1 heterocycles. The van der Waals surface area contributed by atoms with Crippen LogP contribution in [-0.2, 0) is 4.79 Å². The first-order valence-electron chi connectivity index (χ1n) is 5.64. The molecule has 1 amide bonds. The van der Waals surface area contributed by atoms with Crippen LogP contribution >= 0.6 is 0 Å². The zero-order valence-electron chi connectivity index (χ0n) is 9.86. The van der Waals surface area contributed by atoms with Gasteiger partial charge in [0.15, 0.2) is 0 Å². The van der Waals surface area contributed by atoms with Gasteiger partial charge in [0.2, 0.25) is 5.91 Å². The molecule has 0 aromatic heterocycles. The summed E-state index contributed by atoms with van der Waals surface area (Å²) in [6.07, 6.45) is 1.01. The average molecular weight is 214 g/mol. The van der Waals surface area contributed by atoms with Crippen LogP contribution in [0.15, 0.2) is 0 Å². The molecule has 2 N–H and O–H groups in total. The summed E-state index contributed by atoms with van der Waals surface area (Å²) in [7, 11) is 2.05. The van der Waals surface area contributed by atoms with E-state index in [4.69, 9.17) is 5.11 Å². The lowest BCUT2D eigenvalue weighted by molar-refractivity contribution is -0.128. The van der Waals surface area contributed by atoms with Crippen molar-refractivity contribution in [2.75, 3.05) is 26.7 Å². The lowest BCUT2D eigenvalue weighted by atomic mass is 9.95. The maximum Gasteiger partial charge on any atom is 0.225 e. The van der Waals surface area contributed by atoms with Gasteiger partial charge in [-0.15, -0.1) is 0 Å². The Morgan fingerprint density at radius 3 is 2.67 bits per heavy atom. The van der Waals surface area contributed by atoms with Crippen molar-refractivity contribution < 1.29 is 9.90 Å². The van der Waals surface area contributed by atoms with Crippen molar-refractivity contribution in [3.8, 4) is 0 Å². The largest absolute Gasteiger partial charge is 0.396 e. The Hall–Kier alpha value is -0.610. The Labute approximate surface area is 91.6 Å². The molecule has 0 radical (unpaired) electrons. The van der Waals surface area contributed by atoms with E-state index in [1.807, 2.05) is 13.8 Å². The lowest BCUT2D eigenvalue weighted by Crippen LogP contribution is -2.42. The number of hydrogen-bond donors (Lipinski definition) is 2. The minimum absolute atomic E-state index is 0.00667. The van der Waals surface area contributed by atoms with E-state index in [0.29, 0.717) is 0 Å². The molecule has 0 aromatic carbocycles. The summed E-state index contributed by atoms with van der Waals surface area (Å²) in [5, 5.41) is 12.1. The summed E-state index contributed by atoms with van der Waals surface area (Å²) < 4.78 is 0. The van der Waals surface area contributed by atoms with Gasteiger partial charge in [-0.2, -0.15) is 0 Å². The third-order valence-corrected chi connectivity index (χ3v) is 3.08. The molecule has 0 spiro atoms. The summed E-state index contributed by atoms with van der Waals surface area (Å²) in [5.74, 6) is -0.0853. The molecule has 0 aromatic rings. The quantitative estimate of drug-likeness (QED) is 0.696. The number of likely N-dealkylation sites (N-methyl/N-ethyl adjacent to an activating group) is 1. The highest BCUT2D eigenvalue weighted by Crippen LogP contribution is 2.12. The molecular weight excluding hydrogens is 192 g/mol. The summed E-state index contributed by atoms with van der Waals surface area (Å²) in [6, 6.07) is 0.260. The van der Waals surface area contributed by atoms with Gasteiger partial charge in [-0.25, -0.2) is 0 Å². The van der Waals surface area contributed by atoms with Gasteiger partial charge in [0.05, 0.1) is 12.5 Å². The Kier molecular flexibility index (Phi) is 4.54. The second-order valence-electron chi connectivity index (χ2n) is 4.79. The van der Waals surface area contributed by atoms with E-state index in [0.717, 1.165) is 19.5 Å². The van der Waals surface area contributed by atoms with Crippen molar-refractivity contribution in [2.24, 2.45) is 11.8 Å². The molecule has 4 heteroatoms. The normalized spacial score (nSPS) is 24.5. The number of likely N-dealkylation sites (tertiary alicyclic amines) is 1. The van der Waals surface area contributed by atoms with Crippen molar-refractivity contribution in [3.05, 3.63) is 0 Å². The number of amides is 1. The number of aliphatic hydroxyl groups is 1. The topological polar surface area (TPSA) is 52.6 Å². The predicted octanol–water partition coefficient (Wildman–Crippen LogP) is 0.0712. The van der Waals surface area contributed by atoms with E-state index in [1.54, 1.807) is 0 Å². The molecule has 1 aliphatic rings. The van der Waals surface area contributed by atoms with Gasteiger partial charge < -0.3 is 15.3 Å². The molecule has 2 atom stereocenters. The van der Waals surface area contributed by atoms with Gasteiger partial charge in [-0.1, -0.05) is 13.8 Å². The maximum atomic E-state index is 11.8. The second kappa shape index (κ2) is 5.47. The molecule has 0 bridgehead atoms. The minimum Gasteiger partial charge on any atom is -0.396 e. The molecule has 88 valence electrons. The number of carbonyl (C=O) groups excluding carboxylic acids is 1. The minimum atomic E-state index is -0.268. The highest BCUT2D eigenvalue weighted by molar-refractivity contribution is 5.79. The smallest absolute Gasteiger partial charge is 0.225 e. The van der Waals surface area contributed by atoms with E-state index in [1.165, 1.54) is 0 Å². The number of nitrogens with zero attached hydrogens (tertiary/aromatic N) is 1. The van der Waals surface area contributed by atoms with E-state index >= 15 is 0 Å². The number of carbonyl (C=O) groups is 1. The van der Waals surface area contributed by atoms with Crippen LogP contribution in [-0.4, -0.2) is 48.7 Å². The third kappa shape index (κ3) is 3.47. The molecule has 0 aliphatic carbocycles. The van der Waals surface area contributed by atoms with Crippen molar-refractivity contribution in [1.29, 1.82) is 0 Å². The molecule has 15 heavy (non-hydrogen) atoms. The Bertz CT molecular complexity index is 219. The summed E-state index contributed by atoms with van der Waals surface area (Å²) in [5.41, 5.74) is 0. The van der Waals surface area contributed by atoms with Gasteiger partial charge in [-0.05, 0) is 25.9 Å². The van der Waals surface area contributed by atoms with Crippen molar-refractivity contribution in [3.63, 3.8) is 0 Å². The number of hydrogen-bond acceptors (Lipinski definition) is 3. The summed E-state index contributed by atoms with van der Waals surface area (Å²) in [6.45, 7) is 5.81. The van der Waals surface area contributed by atoms with Gasteiger partial charge in [0.1, 0.15) is 0 Å². The maximum absolute atomic E-state index is 11.8. The molecule has 4 nitrogen and oxygen atoms in total. The lowest BCUT2D eigenvalue weighted by Gasteiger charge is -2.20. The monoisotopic (exact) mass is 214 g/mol. The fourth-order valence-electron chi connectivity index (χ4n) is 1.96. The predicted molar refractivity (Wildman–Crippen MR) is 59.5 cm³/mol. The van der Waals surface area contributed by atoms with Gasteiger partial charge in [-0.3, -0.25) is 4.79 Å². The number of rotatable bonds is 4. The first-order chi connectivity index (χ1) is 7.04. The van der Waals surface area contributed by atoms with Crippen LogP contribution in [0.4, 0.5) is 0 Å². The Morgan fingerprint density at radius 2 is 2.27 bits per heavy atom. The number of aliphatic hydroxyl groups excluding tert-OH is 1. The fraction of sp³-hybridized carbons (Fsp3) is 0.909. The van der Waals surface area contributed by atoms with Crippen molar-refractivity contribution >= 4 is 5.91 Å². The second-order valence-corrected chi connectivity index (χ2v) is 4.79. The average Bonchev–Trinajstić information content (AvgIpc) is 2.51. The zero-order valence-corrected chi connectivity index (χ0v) is 9.86. The molecule has 1 rings (SSSR count). The highest BCUT2D eigenvalue weighted by atomic mass is 16.3. The summed E-state index contributed by atoms with van der Waals surface area (Å²) >= 11 is 0. The standard InChI is InChI=1S/C11H22N2O2/c1-8(2)10(7-14)11(15)12-9-4-5-13(3)6-9/h8-10,14H,4-7H2,1-3H3,(H,12,15). The van der Waals surface area contributed by atoms with Gasteiger partial charge >= 0.3 is 0 Å². The highest BCUT2D eigenvalue weighted by Gasteiger charge is 2.26. The van der Waals surface area contributed by atoms with Gasteiger partial charge in [0.25, 0.3) is 0 Å². The fourth-order valence-corrected chi connectivity index (χ4v) is 1.96. The van der Waals surface area contributed by atoms with Crippen LogP contribution in [0.2, 0.25) is 0 Å². The molecular formula is C11H22N2O2. The third-order valence-electron chi connectivity index (χ3n) is 3.08. The summed E-state index contributed by atoms with van der Waals surface area (Å²) in [4.78, 5) is 14.0. The molecule has 1 saturated heterocycles. The molecule has 1 fully saturated rings. The zero-order chi connectivity index (χ0) is 11.4. The van der Waals surface area contributed by atoms with Crippen LogP contribution in [0.1, 0.15) is 20.3 Å². The number of nitrogens with one attached hydrogen (secondary N) is 1. The SMILES string of the molecule is CC(C)C(CO)C(=O)NC1CCN(C)C1. The Balaban J connectivity index is 2.40. The van der Waals surface area contributed by atoms with Crippen LogP contribution in [0.3, 0.4) is 0 Å². The van der Waals surface area contributed by atoms with E-state index in [9.17, 15) is 4.79 Å². The Morgan fingerprint density at radius 1 is 1.60 bits per heavy atom. The molecule has 0 saturated carbocycles. The van der Waals surface area contributed by atoms with E-state index in [-0.39, 0.29) is 30.4 Å². The van der Waals surface area contributed by atoms with Crippen LogP contribution in [0, 0.1) is 11.8 Å². The molecule has 1 aliphatic heterocycles. The first-order valence-corrected chi connectivity index (χ1v) is 5.64. The first kappa shape index (κ1) is 12.5. The van der Waals surface area contributed by atoms with Crippen LogP contribution < -0.4 is 5.32 Å². The van der Waals surface area contributed by atoms with E-state index < -0.39 is 0 Å². The van der Waals surface area contributed by atoms with E-state index in [2.05, 4.69) is 17.3 Å².